The molecular formula is C17H30O4. The van der Waals surface area contributed by atoms with Gasteiger partial charge in [-0.05, 0) is 32.6 Å². The molecule has 2 aliphatic heterocycles. The number of carbonyl (C=O) groups is 1. The Morgan fingerprint density at radius 3 is 2.81 bits per heavy atom. The third-order valence-corrected chi connectivity index (χ3v) is 4.47. The minimum atomic E-state index is -0.0625. The third-order valence-electron chi connectivity index (χ3n) is 4.47. The number of ether oxygens (including phenoxy) is 3. The minimum absolute atomic E-state index is 0.0161. The molecule has 21 heavy (non-hydrogen) atoms. The van der Waals surface area contributed by atoms with Gasteiger partial charge in [-0.25, -0.2) is 0 Å². The van der Waals surface area contributed by atoms with Crippen LogP contribution in [0.1, 0.15) is 71.6 Å². The Balaban J connectivity index is 1.65. The van der Waals surface area contributed by atoms with E-state index < -0.39 is 0 Å². The molecule has 2 fully saturated rings. The van der Waals surface area contributed by atoms with E-state index in [1.54, 1.807) is 0 Å². The van der Waals surface area contributed by atoms with Gasteiger partial charge in [0.05, 0.1) is 12.0 Å². The highest BCUT2D eigenvalue weighted by Crippen LogP contribution is 2.32. The Morgan fingerprint density at radius 2 is 2.14 bits per heavy atom. The summed E-state index contributed by atoms with van der Waals surface area (Å²) in [6.07, 6.45) is 9.96. The van der Waals surface area contributed by atoms with Gasteiger partial charge in [-0.15, -0.1) is 0 Å². The van der Waals surface area contributed by atoms with E-state index in [-0.39, 0.29) is 30.4 Å². The van der Waals surface area contributed by atoms with E-state index in [2.05, 4.69) is 13.8 Å². The van der Waals surface area contributed by atoms with E-state index in [1.807, 2.05) is 0 Å². The van der Waals surface area contributed by atoms with Gasteiger partial charge < -0.3 is 14.2 Å². The van der Waals surface area contributed by atoms with E-state index in [4.69, 9.17) is 14.2 Å². The van der Waals surface area contributed by atoms with Crippen LogP contribution >= 0.6 is 0 Å². The summed E-state index contributed by atoms with van der Waals surface area (Å²) < 4.78 is 16.8. The molecule has 122 valence electrons. The first kappa shape index (κ1) is 16.8. The van der Waals surface area contributed by atoms with E-state index in [9.17, 15) is 4.79 Å². The average molecular weight is 298 g/mol. The largest absolute Gasteiger partial charge is 0.461 e. The molecule has 3 unspecified atom stereocenters. The molecule has 2 heterocycles. The van der Waals surface area contributed by atoms with E-state index in [0.29, 0.717) is 0 Å². The zero-order valence-corrected chi connectivity index (χ0v) is 13.5. The lowest BCUT2D eigenvalue weighted by molar-refractivity contribution is -0.207. The predicted octanol–water partition coefficient (Wildman–Crippen LogP) is 3.82. The number of carbonyl (C=O) groups excluding carboxylic acids is 1. The zero-order valence-electron chi connectivity index (χ0n) is 13.5. The molecule has 0 aromatic heterocycles. The van der Waals surface area contributed by atoms with Crippen molar-refractivity contribution in [3.8, 4) is 0 Å². The fraction of sp³-hybridized carbons (Fsp3) is 0.941. The summed E-state index contributed by atoms with van der Waals surface area (Å²) in [6, 6.07) is 0. The summed E-state index contributed by atoms with van der Waals surface area (Å²) in [5, 5.41) is 0. The number of esters is 1. The second-order valence-corrected chi connectivity index (χ2v) is 6.41. The maximum absolute atomic E-state index is 11.6. The highest BCUT2D eigenvalue weighted by molar-refractivity contribution is 5.78. The summed E-state index contributed by atoms with van der Waals surface area (Å²) in [5.41, 5.74) is 0. The van der Waals surface area contributed by atoms with Gasteiger partial charge in [0.1, 0.15) is 6.10 Å². The van der Waals surface area contributed by atoms with Gasteiger partial charge in [0.25, 0.3) is 0 Å². The molecule has 0 aromatic carbocycles. The lowest BCUT2D eigenvalue weighted by Gasteiger charge is -2.37. The van der Waals surface area contributed by atoms with Crippen LogP contribution in [0.3, 0.4) is 0 Å². The number of rotatable bonds is 9. The maximum atomic E-state index is 11.6. The van der Waals surface area contributed by atoms with Crippen molar-refractivity contribution in [3.63, 3.8) is 0 Å². The molecule has 0 aromatic rings. The third kappa shape index (κ3) is 5.26. The summed E-state index contributed by atoms with van der Waals surface area (Å²) >= 11 is 0. The normalized spacial score (nSPS) is 30.6. The van der Waals surface area contributed by atoms with Crippen molar-refractivity contribution in [2.75, 3.05) is 6.61 Å². The van der Waals surface area contributed by atoms with Crippen molar-refractivity contribution < 1.29 is 19.0 Å². The number of hydrogen-bond donors (Lipinski definition) is 0. The molecule has 0 N–H and O–H groups in total. The SMILES string of the molecule is CCCCCCC1C(=O)OC1C[C@@H](C)OC1CCCCO1. The Hall–Kier alpha value is -0.610. The average Bonchev–Trinajstić information content (AvgIpc) is 2.47. The molecule has 4 heteroatoms. The van der Waals surface area contributed by atoms with Crippen LogP contribution in [0, 0.1) is 5.92 Å². The van der Waals surface area contributed by atoms with E-state index in [1.165, 1.54) is 25.7 Å². The number of unbranched alkanes of at least 4 members (excludes halogenated alkanes) is 3. The first-order valence-corrected chi connectivity index (χ1v) is 8.68. The van der Waals surface area contributed by atoms with Gasteiger partial charge in [-0.2, -0.15) is 0 Å². The second-order valence-electron chi connectivity index (χ2n) is 6.41. The van der Waals surface area contributed by atoms with Gasteiger partial charge in [-0.3, -0.25) is 4.79 Å². The highest BCUT2D eigenvalue weighted by Gasteiger charge is 2.42. The lowest BCUT2D eigenvalue weighted by atomic mass is 9.87. The molecular weight excluding hydrogens is 268 g/mol. The fourth-order valence-corrected chi connectivity index (χ4v) is 3.17. The molecule has 2 rings (SSSR count). The van der Waals surface area contributed by atoms with Crippen molar-refractivity contribution in [3.05, 3.63) is 0 Å². The molecule has 2 aliphatic rings. The maximum Gasteiger partial charge on any atom is 0.313 e. The van der Waals surface area contributed by atoms with Crippen LogP contribution in [-0.4, -0.2) is 31.1 Å². The summed E-state index contributed by atoms with van der Waals surface area (Å²) in [7, 11) is 0. The fourth-order valence-electron chi connectivity index (χ4n) is 3.17. The van der Waals surface area contributed by atoms with Gasteiger partial charge in [0.2, 0.25) is 0 Å². The van der Waals surface area contributed by atoms with Gasteiger partial charge in [0, 0.05) is 13.0 Å². The minimum Gasteiger partial charge on any atom is -0.461 e. The lowest BCUT2D eigenvalue weighted by Crippen LogP contribution is -2.47. The summed E-state index contributed by atoms with van der Waals surface area (Å²) in [5.74, 6) is 0.0813. The van der Waals surface area contributed by atoms with Crippen molar-refractivity contribution >= 4 is 5.97 Å². The van der Waals surface area contributed by atoms with E-state index >= 15 is 0 Å². The van der Waals surface area contributed by atoms with E-state index in [0.717, 1.165) is 38.7 Å². The van der Waals surface area contributed by atoms with Crippen LogP contribution in [0.15, 0.2) is 0 Å². The zero-order chi connectivity index (χ0) is 15.1. The monoisotopic (exact) mass is 298 g/mol. The molecule has 2 saturated heterocycles. The molecule has 4 atom stereocenters. The summed E-state index contributed by atoms with van der Waals surface area (Å²) in [6.45, 7) is 5.06. The predicted molar refractivity (Wildman–Crippen MR) is 80.9 cm³/mol. The van der Waals surface area contributed by atoms with Crippen LogP contribution in [0.5, 0.6) is 0 Å². The van der Waals surface area contributed by atoms with Crippen molar-refractivity contribution in [1.29, 1.82) is 0 Å². The van der Waals surface area contributed by atoms with Crippen molar-refractivity contribution in [1.82, 2.24) is 0 Å². The smallest absolute Gasteiger partial charge is 0.313 e. The van der Waals surface area contributed by atoms with Crippen LogP contribution in [0.2, 0.25) is 0 Å². The van der Waals surface area contributed by atoms with Crippen molar-refractivity contribution in [2.24, 2.45) is 5.92 Å². The molecule has 0 radical (unpaired) electrons. The van der Waals surface area contributed by atoms with Crippen LogP contribution < -0.4 is 0 Å². The molecule has 0 saturated carbocycles. The Labute approximate surface area is 128 Å². The number of hydrogen-bond acceptors (Lipinski definition) is 4. The molecule has 0 bridgehead atoms. The van der Waals surface area contributed by atoms with Crippen molar-refractivity contribution in [2.45, 2.75) is 90.1 Å². The number of cyclic esters (lactones) is 1. The molecule has 0 spiro atoms. The molecule has 0 aliphatic carbocycles. The van der Waals surface area contributed by atoms with Gasteiger partial charge >= 0.3 is 5.97 Å². The first-order chi connectivity index (χ1) is 10.2. The molecule has 4 nitrogen and oxygen atoms in total. The van der Waals surface area contributed by atoms with Crippen LogP contribution in [0.4, 0.5) is 0 Å². The standard InChI is InChI=1S/C17H30O4/c1-3-4-5-6-9-14-15(21-17(14)18)12-13(2)20-16-10-7-8-11-19-16/h13-16H,3-12H2,1-2H3/t13-,14?,15?,16?/m1/s1. The van der Waals surface area contributed by atoms with Gasteiger partial charge in [0.15, 0.2) is 6.29 Å². The Bertz CT molecular complexity index is 312. The Kier molecular flexibility index (Phi) is 6.97. The highest BCUT2D eigenvalue weighted by atomic mass is 16.7. The molecule has 0 amide bonds. The van der Waals surface area contributed by atoms with Crippen LogP contribution in [-0.2, 0) is 19.0 Å². The quantitative estimate of drug-likeness (QED) is 0.479. The summed E-state index contributed by atoms with van der Waals surface area (Å²) in [4.78, 5) is 11.6. The van der Waals surface area contributed by atoms with Crippen LogP contribution in [0.25, 0.3) is 0 Å². The topological polar surface area (TPSA) is 44.8 Å². The Morgan fingerprint density at radius 1 is 1.29 bits per heavy atom. The van der Waals surface area contributed by atoms with Gasteiger partial charge in [-0.1, -0.05) is 32.6 Å². The second kappa shape index (κ2) is 8.74. The first-order valence-electron chi connectivity index (χ1n) is 8.68.